The molecule has 0 bridgehead atoms. The van der Waals surface area contributed by atoms with Crippen molar-refractivity contribution in [3.05, 3.63) is 0 Å². The second-order valence-corrected chi connectivity index (χ2v) is 3.10. The molecular formula is C9H18F3NO2. The van der Waals surface area contributed by atoms with Crippen LogP contribution in [0.2, 0.25) is 0 Å². The van der Waals surface area contributed by atoms with Crippen molar-refractivity contribution in [3.63, 3.8) is 0 Å². The summed E-state index contributed by atoms with van der Waals surface area (Å²) in [7, 11) is 0. The molecule has 1 unspecified atom stereocenters. The monoisotopic (exact) mass is 229 g/mol. The van der Waals surface area contributed by atoms with Gasteiger partial charge < -0.3 is 15.2 Å². The smallest absolute Gasteiger partial charge is 0.379 e. The summed E-state index contributed by atoms with van der Waals surface area (Å²) in [4.78, 5) is 0. The molecule has 92 valence electrons. The van der Waals surface area contributed by atoms with Crippen LogP contribution in [0.3, 0.4) is 0 Å². The summed E-state index contributed by atoms with van der Waals surface area (Å²) in [6.45, 7) is 2.10. The maximum Gasteiger partial charge on any atom is 0.415 e. The van der Waals surface area contributed by atoms with E-state index < -0.39 is 18.8 Å². The van der Waals surface area contributed by atoms with Crippen molar-refractivity contribution >= 4 is 0 Å². The number of rotatable bonds is 8. The molecule has 0 aromatic heterocycles. The van der Waals surface area contributed by atoms with Crippen molar-refractivity contribution in [2.24, 2.45) is 5.73 Å². The number of alkyl halides is 3. The molecule has 0 aliphatic heterocycles. The molecule has 0 spiro atoms. The SMILES string of the molecule is CCCCOCCOC(CN)C(F)(F)F. The average molecular weight is 229 g/mol. The summed E-state index contributed by atoms with van der Waals surface area (Å²) < 4.78 is 45.9. The van der Waals surface area contributed by atoms with Crippen LogP contribution in [0.1, 0.15) is 19.8 Å². The van der Waals surface area contributed by atoms with Gasteiger partial charge in [0.25, 0.3) is 0 Å². The van der Waals surface area contributed by atoms with Gasteiger partial charge in [0, 0.05) is 13.2 Å². The summed E-state index contributed by atoms with van der Waals surface area (Å²) in [5, 5.41) is 0. The van der Waals surface area contributed by atoms with Gasteiger partial charge >= 0.3 is 6.18 Å². The molecule has 0 rings (SSSR count). The molecule has 0 aromatic rings. The molecule has 0 heterocycles. The standard InChI is InChI=1S/C9H18F3NO2/c1-2-3-4-14-5-6-15-8(7-13)9(10,11)12/h8H,2-7,13H2,1H3. The first-order chi connectivity index (χ1) is 7.02. The van der Waals surface area contributed by atoms with Gasteiger partial charge in [-0.1, -0.05) is 13.3 Å². The van der Waals surface area contributed by atoms with Gasteiger partial charge in [-0.3, -0.25) is 0 Å². The number of halogens is 3. The van der Waals surface area contributed by atoms with Crippen molar-refractivity contribution in [2.45, 2.75) is 32.0 Å². The van der Waals surface area contributed by atoms with Crippen LogP contribution in [-0.2, 0) is 9.47 Å². The zero-order valence-electron chi connectivity index (χ0n) is 8.85. The van der Waals surface area contributed by atoms with E-state index >= 15 is 0 Å². The van der Waals surface area contributed by atoms with E-state index in [9.17, 15) is 13.2 Å². The first-order valence-electron chi connectivity index (χ1n) is 4.98. The van der Waals surface area contributed by atoms with Gasteiger partial charge in [-0.25, -0.2) is 0 Å². The van der Waals surface area contributed by atoms with E-state index in [0.717, 1.165) is 12.8 Å². The average Bonchev–Trinajstić information content (AvgIpc) is 2.15. The number of ether oxygens (including phenoxy) is 2. The van der Waals surface area contributed by atoms with E-state index in [1.54, 1.807) is 0 Å². The van der Waals surface area contributed by atoms with Crippen molar-refractivity contribution in [1.29, 1.82) is 0 Å². The summed E-state index contributed by atoms with van der Waals surface area (Å²) in [5.41, 5.74) is 4.94. The van der Waals surface area contributed by atoms with Crippen LogP contribution in [0.25, 0.3) is 0 Å². The predicted molar refractivity (Wildman–Crippen MR) is 50.6 cm³/mol. The van der Waals surface area contributed by atoms with E-state index in [0.29, 0.717) is 6.61 Å². The number of hydrogen-bond donors (Lipinski definition) is 1. The largest absolute Gasteiger partial charge is 0.415 e. The zero-order chi connectivity index (χ0) is 11.7. The van der Waals surface area contributed by atoms with Gasteiger partial charge in [0.1, 0.15) is 0 Å². The molecule has 6 heteroatoms. The van der Waals surface area contributed by atoms with Gasteiger partial charge in [0.15, 0.2) is 6.10 Å². The summed E-state index contributed by atoms with van der Waals surface area (Å²) in [6.07, 6.45) is -4.38. The van der Waals surface area contributed by atoms with E-state index in [1.165, 1.54) is 0 Å². The van der Waals surface area contributed by atoms with Crippen molar-refractivity contribution in [1.82, 2.24) is 0 Å². The Morgan fingerprint density at radius 3 is 2.33 bits per heavy atom. The molecule has 1 atom stereocenters. The molecule has 0 aliphatic carbocycles. The van der Waals surface area contributed by atoms with Gasteiger partial charge in [0.2, 0.25) is 0 Å². The molecule has 0 amide bonds. The third-order valence-corrected chi connectivity index (χ3v) is 1.77. The molecule has 3 nitrogen and oxygen atoms in total. The Hall–Kier alpha value is -0.330. The fourth-order valence-corrected chi connectivity index (χ4v) is 0.894. The van der Waals surface area contributed by atoms with Gasteiger partial charge in [-0.15, -0.1) is 0 Å². The lowest BCUT2D eigenvalue weighted by atomic mass is 10.3. The van der Waals surface area contributed by atoms with Crippen molar-refractivity contribution in [2.75, 3.05) is 26.4 Å². The highest BCUT2D eigenvalue weighted by atomic mass is 19.4. The third-order valence-electron chi connectivity index (χ3n) is 1.77. The van der Waals surface area contributed by atoms with Crippen LogP contribution >= 0.6 is 0 Å². The Morgan fingerprint density at radius 2 is 1.87 bits per heavy atom. The van der Waals surface area contributed by atoms with E-state index in [4.69, 9.17) is 10.5 Å². The Bertz CT molecular complexity index is 153. The van der Waals surface area contributed by atoms with E-state index in [1.807, 2.05) is 6.92 Å². The molecule has 0 saturated heterocycles. The zero-order valence-corrected chi connectivity index (χ0v) is 8.85. The maximum atomic E-state index is 12.1. The molecule has 15 heavy (non-hydrogen) atoms. The van der Waals surface area contributed by atoms with E-state index in [-0.39, 0.29) is 13.2 Å². The first-order valence-corrected chi connectivity index (χ1v) is 4.98. The van der Waals surface area contributed by atoms with Crippen LogP contribution in [0, 0.1) is 0 Å². The first kappa shape index (κ1) is 14.7. The van der Waals surface area contributed by atoms with Crippen LogP contribution in [-0.4, -0.2) is 38.6 Å². The highest BCUT2D eigenvalue weighted by molar-refractivity contribution is 4.67. The molecule has 0 aromatic carbocycles. The quantitative estimate of drug-likeness (QED) is 0.644. The van der Waals surface area contributed by atoms with Gasteiger partial charge in [0.05, 0.1) is 13.2 Å². The molecule has 2 N–H and O–H groups in total. The summed E-state index contributed by atoms with van der Waals surface area (Å²) in [6, 6.07) is 0. The minimum Gasteiger partial charge on any atom is -0.379 e. The maximum absolute atomic E-state index is 12.1. The third kappa shape index (κ3) is 7.58. The summed E-state index contributed by atoms with van der Waals surface area (Å²) >= 11 is 0. The highest BCUT2D eigenvalue weighted by Gasteiger charge is 2.39. The van der Waals surface area contributed by atoms with Crippen LogP contribution in [0.4, 0.5) is 13.2 Å². The molecular weight excluding hydrogens is 211 g/mol. The Labute approximate surface area is 87.7 Å². The predicted octanol–water partition coefficient (Wildman–Crippen LogP) is 1.71. The lowest BCUT2D eigenvalue weighted by Gasteiger charge is -2.18. The lowest BCUT2D eigenvalue weighted by molar-refractivity contribution is -0.219. The normalized spacial score (nSPS) is 14.2. The Balaban J connectivity index is 3.48. The van der Waals surface area contributed by atoms with Crippen molar-refractivity contribution in [3.8, 4) is 0 Å². The Morgan fingerprint density at radius 1 is 1.20 bits per heavy atom. The van der Waals surface area contributed by atoms with Crippen LogP contribution in [0.15, 0.2) is 0 Å². The lowest BCUT2D eigenvalue weighted by Crippen LogP contribution is -2.39. The second kappa shape index (κ2) is 7.90. The minimum atomic E-state index is -4.39. The number of unbranched alkanes of at least 4 members (excludes halogenated alkanes) is 1. The second-order valence-electron chi connectivity index (χ2n) is 3.10. The summed E-state index contributed by atoms with van der Waals surface area (Å²) in [5.74, 6) is 0. The molecule has 0 saturated carbocycles. The Kier molecular flexibility index (Phi) is 7.72. The fraction of sp³-hybridized carbons (Fsp3) is 1.00. The van der Waals surface area contributed by atoms with Crippen LogP contribution < -0.4 is 5.73 Å². The highest BCUT2D eigenvalue weighted by Crippen LogP contribution is 2.21. The number of nitrogens with two attached hydrogens (primary N) is 1. The van der Waals surface area contributed by atoms with E-state index in [2.05, 4.69) is 4.74 Å². The molecule has 0 fully saturated rings. The number of hydrogen-bond acceptors (Lipinski definition) is 3. The molecule has 0 radical (unpaired) electrons. The van der Waals surface area contributed by atoms with Gasteiger partial charge in [-0.2, -0.15) is 13.2 Å². The van der Waals surface area contributed by atoms with Crippen molar-refractivity contribution < 1.29 is 22.6 Å². The topological polar surface area (TPSA) is 44.5 Å². The fourth-order valence-electron chi connectivity index (χ4n) is 0.894. The van der Waals surface area contributed by atoms with Crippen LogP contribution in [0.5, 0.6) is 0 Å². The minimum absolute atomic E-state index is 0.0783. The molecule has 0 aliphatic rings. The van der Waals surface area contributed by atoms with Gasteiger partial charge in [-0.05, 0) is 6.42 Å².